The van der Waals surface area contributed by atoms with Gasteiger partial charge in [-0.2, -0.15) is 0 Å². The van der Waals surface area contributed by atoms with E-state index in [0.29, 0.717) is 12.2 Å². The molecule has 10 heteroatoms. The molecule has 0 saturated carbocycles. The van der Waals surface area contributed by atoms with Crippen molar-refractivity contribution in [2.45, 2.75) is 219 Å². The Morgan fingerprint density at radius 1 is 0.339 bits per heavy atom. The average molecular weight is 806 g/mol. The molecule has 0 aromatic heterocycles. The number of hydrogen-bond acceptors (Lipinski definition) is 8. The molecule has 0 atom stereocenters. The Bertz CT molecular complexity index is 970. The van der Waals surface area contributed by atoms with Gasteiger partial charge in [0.1, 0.15) is 0 Å². The number of hydrogen-bond donors (Lipinski definition) is 0. The van der Waals surface area contributed by atoms with Crippen molar-refractivity contribution in [1.29, 1.82) is 0 Å². The largest absolute Gasteiger partial charge is 2.00 e. The molecule has 0 aliphatic carbocycles. The summed E-state index contributed by atoms with van der Waals surface area (Å²) in [5.74, 6) is -6.03. The number of unbranched alkanes of at least 4 members (excludes halogenated alkanes) is 30. The zero-order valence-corrected chi connectivity index (χ0v) is 38.6. The second kappa shape index (κ2) is 49.5. The van der Waals surface area contributed by atoms with Gasteiger partial charge in [-0.25, -0.2) is 0 Å². The monoisotopic (exact) mass is 805 g/mol. The van der Waals surface area contributed by atoms with E-state index in [0.717, 1.165) is 38.5 Å². The van der Waals surface area contributed by atoms with E-state index in [1.54, 1.807) is 12.2 Å². The molecule has 0 fully saturated rings. The van der Waals surface area contributed by atoms with Crippen LogP contribution < -0.4 is 20.4 Å². The van der Waals surface area contributed by atoms with Crippen LogP contribution in [0.2, 0.25) is 0 Å². The first-order chi connectivity index (χ1) is 26.1. The average Bonchev–Trinajstić information content (AvgIpc) is 3.13. The van der Waals surface area contributed by atoms with Gasteiger partial charge in [0.15, 0.2) is 0 Å². The Kier molecular flexibility index (Phi) is 54.0. The van der Waals surface area contributed by atoms with Crippen LogP contribution >= 0.6 is 0 Å². The fraction of sp³-hybridized carbons (Fsp3) is 0.739. The molecule has 0 unspecified atom stereocenters. The van der Waals surface area contributed by atoms with E-state index in [9.17, 15) is 39.6 Å². The second-order valence-electron chi connectivity index (χ2n) is 14.7. The minimum Gasteiger partial charge on any atom is -0.545 e. The maximum Gasteiger partial charge on any atom is 2.00 e. The van der Waals surface area contributed by atoms with Crippen molar-refractivity contribution in [2.24, 2.45) is 0 Å². The van der Waals surface area contributed by atoms with Gasteiger partial charge < -0.3 is 39.6 Å². The normalized spacial score (nSPS) is 11.5. The molecule has 0 bridgehead atoms. The van der Waals surface area contributed by atoms with Gasteiger partial charge in [-0.15, -0.1) is 0 Å². The van der Waals surface area contributed by atoms with Crippen LogP contribution in [0.3, 0.4) is 0 Å². The Hall–Kier alpha value is -1.63. The zero-order chi connectivity index (χ0) is 40.3. The van der Waals surface area contributed by atoms with Gasteiger partial charge in [0, 0.05) is 0 Å². The Labute approximate surface area is 374 Å². The fourth-order valence-corrected chi connectivity index (χ4v) is 6.29. The molecule has 0 saturated heterocycles. The molecule has 0 rings (SSSR count). The quantitative estimate of drug-likeness (QED) is 0.0266. The molecule has 0 aliphatic rings. The van der Waals surface area contributed by atoms with Crippen molar-refractivity contribution >= 4 is 70.0 Å². The van der Waals surface area contributed by atoms with Crippen molar-refractivity contribution in [2.75, 3.05) is 0 Å². The van der Waals surface area contributed by atoms with Gasteiger partial charge in [-0.05, 0) is 49.0 Å². The van der Waals surface area contributed by atoms with Gasteiger partial charge in [-0.3, -0.25) is 0 Å². The molecule has 312 valence electrons. The summed E-state index contributed by atoms with van der Waals surface area (Å²) in [6.45, 7) is 4.51. The predicted octanol–water partition coefficient (Wildman–Crippen LogP) is 7.70. The van der Waals surface area contributed by atoms with E-state index in [-0.39, 0.29) is 57.3 Å². The van der Waals surface area contributed by atoms with Crippen LogP contribution in [0.4, 0.5) is 0 Å². The molecule has 56 heavy (non-hydrogen) atoms. The molecule has 8 nitrogen and oxygen atoms in total. The summed E-state index contributed by atoms with van der Waals surface area (Å²) in [5.41, 5.74) is -0.702. The third kappa shape index (κ3) is 50.4. The molecule has 0 aliphatic heterocycles. The van der Waals surface area contributed by atoms with Crippen molar-refractivity contribution in [1.82, 2.24) is 0 Å². The van der Waals surface area contributed by atoms with Gasteiger partial charge in [-0.1, -0.05) is 218 Å². The first-order valence-electron chi connectivity index (χ1n) is 21.8. The fourth-order valence-electron chi connectivity index (χ4n) is 6.29. The molecular weight excluding hydrogens is 729 g/mol. The summed E-state index contributed by atoms with van der Waals surface area (Å²) in [7, 11) is 0. The van der Waals surface area contributed by atoms with E-state index in [1.807, 2.05) is 0 Å². The molecule has 0 radical (unpaired) electrons. The third-order valence-electron chi connectivity index (χ3n) is 9.56. The molecule has 0 aromatic carbocycles. The standard InChI is InChI=1S/2C23H40O4.2Mg/c2*1-2-3-4-5-6-7-8-9-10-11-12-13-14-15-16-17-18-19-21(23(26)27)20-22(24)25;;/h2*18-20H,2-17H2,1H3,(H,24,25)(H,26,27);;/q;;2*+2/p-4/b2*19-18?,21-20-;;. The van der Waals surface area contributed by atoms with Crippen LogP contribution in [0.1, 0.15) is 219 Å². The summed E-state index contributed by atoms with van der Waals surface area (Å²) in [5, 5.41) is 42.2. The van der Waals surface area contributed by atoms with E-state index >= 15 is 0 Å². The second-order valence-corrected chi connectivity index (χ2v) is 14.7. The van der Waals surface area contributed by atoms with Gasteiger partial charge in [0.25, 0.3) is 0 Å². The number of allylic oxidation sites excluding steroid dienone is 2. The van der Waals surface area contributed by atoms with Crippen molar-refractivity contribution in [3.63, 3.8) is 0 Å². The first kappa shape index (κ1) is 61.0. The Morgan fingerprint density at radius 2 is 0.536 bits per heavy atom. The summed E-state index contributed by atoms with van der Waals surface area (Å²) in [6.07, 6.45) is 47.8. The minimum atomic E-state index is -1.52. The molecule has 0 heterocycles. The minimum absolute atomic E-state index is 0. The summed E-state index contributed by atoms with van der Waals surface area (Å²) in [6, 6.07) is 0. The topological polar surface area (TPSA) is 161 Å². The van der Waals surface area contributed by atoms with Crippen LogP contribution in [-0.4, -0.2) is 70.0 Å². The van der Waals surface area contributed by atoms with Crippen molar-refractivity contribution < 1.29 is 39.6 Å². The van der Waals surface area contributed by atoms with E-state index in [2.05, 4.69) is 13.8 Å². The molecule has 0 amide bonds. The predicted molar refractivity (Wildman–Crippen MR) is 225 cm³/mol. The number of carbonyl (C=O) groups is 4. The first-order valence-corrected chi connectivity index (χ1v) is 21.8. The van der Waals surface area contributed by atoms with E-state index in [1.165, 1.54) is 179 Å². The number of rotatable bonds is 38. The Balaban J connectivity index is -0.000000466. The maximum absolute atomic E-state index is 10.7. The van der Waals surface area contributed by atoms with Gasteiger partial charge >= 0.3 is 46.1 Å². The van der Waals surface area contributed by atoms with Gasteiger partial charge in [0.2, 0.25) is 0 Å². The smallest absolute Gasteiger partial charge is 0.545 e. The number of carbonyl (C=O) groups excluding carboxylic acids is 4. The number of carboxylic acids is 4. The van der Waals surface area contributed by atoms with E-state index in [4.69, 9.17) is 0 Å². The molecule has 0 spiro atoms. The molecular formula is C46H76Mg2O8. The molecule has 0 N–H and O–H groups in total. The van der Waals surface area contributed by atoms with Crippen molar-refractivity contribution in [3.05, 3.63) is 47.6 Å². The summed E-state index contributed by atoms with van der Waals surface area (Å²) in [4.78, 5) is 42.2. The summed E-state index contributed by atoms with van der Waals surface area (Å²) >= 11 is 0. The number of aliphatic carboxylic acids is 4. The number of carboxylic acid groups (broad SMARTS) is 4. The SMILES string of the molecule is CCCCCCCCCCCCCCCCCC=C/C(=C/C(=O)[O-])C(=O)[O-].CCCCCCCCCCCCCCCCCC=C/C(=C/C(=O)[O-])C(=O)[O-].[Mg+2].[Mg+2]. The van der Waals surface area contributed by atoms with Gasteiger partial charge in [0.05, 0.1) is 23.9 Å². The van der Waals surface area contributed by atoms with Crippen LogP contribution in [-0.2, 0) is 19.2 Å². The van der Waals surface area contributed by atoms with Crippen LogP contribution in [0, 0.1) is 0 Å². The third-order valence-corrected chi connectivity index (χ3v) is 9.56. The zero-order valence-electron chi connectivity index (χ0n) is 35.8. The van der Waals surface area contributed by atoms with Crippen molar-refractivity contribution in [3.8, 4) is 0 Å². The molecule has 0 aromatic rings. The van der Waals surface area contributed by atoms with Crippen LogP contribution in [0.15, 0.2) is 47.6 Å². The van der Waals surface area contributed by atoms with E-state index < -0.39 is 23.9 Å². The summed E-state index contributed by atoms with van der Waals surface area (Å²) < 4.78 is 0. The Morgan fingerprint density at radius 3 is 0.714 bits per heavy atom. The maximum atomic E-state index is 10.7. The van der Waals surface area contributed by atoms with Crippen LogP contribution in [0.25, 0.3) is 0 Å². The van der Waals surface area contributed by atoms with Crippen LogP contribution in [0.5, 0.6) is 0 Å².